The summed E-state index contributed by atoms with van der Waals surface area (Å²) in [6.07, 6.45) is 0. The van der Waals surface area contributed by atoms with Crippen LogP contribution in [0, 0.1) is 25.4 Å². The SMILES string of the molecule is O=[N+]([O-])c1cc([N+](=O)[O-])c([O-])c(N([O-])O)c1[O-].[K+].[K+].[K+].[K+].[K+].[OH-].[OH-].[OH-].[OH-].[OH-].[OH-]. The molecule has 0 heterocycles. The van der Waals surface area contributed by atoms with Crippen LogP contribution < -0.4 is 272 Å². The molecule has 0 aromatic heterocycles. The standard InChI is InChI=1S/C6H4N3O8.5K.6H2O/c10-5-2(7(12)13)1-3(8(14)15)6(11)4(5)9(16)17;;;;;;;;;;;/h1,10-11,16H;;;;;;6*1H2/q-1;5*+1;;;;;;/p-8. The molecule has 0 radical (unpaired) electrons. The van der Waals surface area contributed by atoms with Crippen LogP contribution in [0.1, 0.15) is 0 Å². The topological polar surface area (TPSA) is 359 Å². The molecule has 7 N–H and O–H groups in total. The van der Waals surface area contributed by atoms with E-state index in [0.717, 1.165) is 0 Å². The molecule has 140 valence electrons. The second-order valence-electron chi connectivity index (χ2n) is 2.71. The Hall–Kier alpha value is 5.28. The van der Waals surface area contributed by atoms with Crippen LogP contribution in [0.25, 0.3) is 0 Å². The molecule has 0 bridgehead atoms. The molecule has 0 unspecified atom stereocenters. The number of benzene rings is 1. The van der Waals surface area contributed by atoms with E-state index in [1.165, 1.54) is 0 Å². The number of hydrogen-bond donors (Lipinski definition) is 1. The molecule has 28 heavy (non-hydrogen) atoms. The Morgan fingerprint density at radius 1 is 0.714 bits per heavy atom. The van der Waals surface area contributed by atoms with E-state index < -0.39 is 43.6 Å². The summed E-state index contributed by atoms with van der Waals surface area (Å²) in [4.78, 5) is 18.1. The van der Waals surface area contributed by atoms with Gasteiger partial charge in [0.25, 0.3) is 11.4 Å². The van der Waals surface area contributed by atoms with Crippen molar-refractivity contribution in [3.05, 3.63) is 31.5 Å². The Balaban J connectivity index is -0.0000000292. The molecule has 0 spiro atoms. The zero-order valence-corrected chi connectivity index (χ0v) is 31.0. The van der Waals surface area contributed by atoms with Crippen LogP contribution in [0.2, 0.25) is 0 Å². The van der Waals surface area contributed by atoms with Crippen molar-refractivity contribution in [2.45, 2.75) is 0 Å². The van der Waals surface area contributed by atoms with Gasteiger partial charge >= 0.3 is 257 Å². The summed E-state index contributed by atoms with van der Waals surface area (Å²) in [6.45, 7) is 0. The first kappa shape index (κ1) is 69.9. The molecule has 1 rings (SSSR count). The minimum absolute atomic E-state index is 0. The van der Waals surface area contributed by atoms with E-state index in [1.807, 2.05) is 0 Å². The zero-order valence-electron chi connectivity index (χ0n) is 15.4. The molecule has 0 aliphatic heterocycles. The van der Waals surface area contributed by atoms with Gasteiger partial charge in [0.2, 0.25) is 0 Å². The summed E-state index contributed by atoms with van der Waals surface area (Å²) < 4.78 is 0. The fourth-order valence-corrected chi connectivity index (χ4v) is 1.05. The number of hydrogen-bond acceptors (Lipinski definition) is 15. The van der Waals surface area contributed by atoms with Gasteiger partial charge in [-0.2, -0.15) is 0 Å². The van der Waals surface area contributed by atoms with E-state index in [4.69, 9.17) is 5.21 Å². The Labute approximate surface area is 369 Å². The van der Waals surface area contributed by atoms with E-state index in [9.17, 15) is 35.6 Å². The Kier molecular flexibility index (Phi) is 85.9. The van der Waals surface area contributed by atoms with Gasteiger partial charge < -0.3 is 53.5 Å². The molecule has 0 aliphatic carbocycles. The molecule has 22 heteroatoms. The van der Waals surface area contributed by atoms with Crippen molar-refractivity contribution in [3.8, 4) is 11.5 Å². The van der Waals surface area contributed by atoms with Crippen LogP contribution in [0.3, 0.4) is 0 Å². The molecular weight excluding hydrogens is 534 g/mol. The van der Waals surface area contributed by atoms with Gasteiger partial charge in [-0.25, -0.2) is 0 Å². The van der Waals surface area contributed by atoms with Crippen LogP contribution in [0.15, 0.2) is 6.07 Å². The van der Waals surface area contributed by atoms with Crippen LogP contribution >= 0.6 is 0 Å². The monoisotopic (exact) mass is 541 g/mol. The molecule has 17 nitrogen and oxygen atoms in total. The molecule has 0 atom stereocenters. The predicted molar refractivity (Wildman–Crippen MR) is 57.9 cm³/mol. The van der Waals surface area contributed by atoms with Crippen molar-refractivity contribution < 1.29 is 315 Å². The van der Waals surface area contributed by atoms with Gasteiger partial charge in [0, 0.05) is 5.69 Å². The minimum Gasteiger partial charge on any atom is -0.870 e. The largest absolute Gasteiger partial charge is 1.00 e. The third-order valence-corrected chi connectivity index (χ3v) is 1.75. The molecular formula is C6H8K5N3O14-4. The third kappa shape index (κ3) is 20.6. The third-order valence-electron chi connectivity index (χ3n) is 1.75. The van der Waals surface area contributed by atoms with E-state index in [1.54, 1.807) is 0 Å². The van der Waals surface area contributed by atoms with Crippen molar-refractivity contribution >= 4 is 17.1 Å². The Bertz CT molecular complexity index is 484. The fourth-order valence-electron chi connectivity index (χ4n) is 1.05. The normalized spacial score (nSPS) is 6.07. The maximum Gasteiger partial charge on any atom is 1.00 e. The molecule has 0 fully saturated rings. The van der Waals surface area contributed by atoms with Crippen molar-refractivity contribution in [3.63, 3.8) is 0 Å². The van der Waals surface area contributed by atoms with Crippen molar-refractivity contribution in [1.82, 2.24) is 0 Å². The minimum atomic E-state index is -1.69. The summed E-state index contributed by atoms with van der Waals surface area (Å²) in [5.74, 6) is -3.38. The molecule has 0 saturated carbocycles. The number of anilines is 1. The van der Waals surface area contributed by atoms with Crippen LogP contribution in [0.4, 0.5) is 17.1 Å². The van der Waals surface area contributed by atoms with Gasteiger partial charge in [-0.05, 0) is 11.5 Å². The van der Waals surface area contributed by atoms with Gasteiger partial charge in [-0.1, -0.05) is 0 Å². The number of nitro groups is 2. The summed E-state index contributed by atoms with van der Waals surface area (Å²) >= 11 is 0. The van der Waals surface area contributed by atoms with Gasteiger partial charge in [0.1, 0.15) is 0 Å². The smallest absolute Gasteiger partial charge is 0.870 e. The van der Waals surface area contributed by atoms with E-state index in [-0.39, 0.29) is 296 Å². The average molecular weight is 542 g/mol. The summed E-state index contributed by atoms with van der Waals surface area (Å²) in [5.41, 5.74) is -4.28. The first-order valence-corrected chi connectivity index (χ1v) is 3.77. The molecule has 0 saturated heterocycles. The predicted octanol–water partition coefficient (Wildman–Crippen LogP) is -16.7. The van der Waals surface area contributed by atoms with Gasteiger partial charge in [-0.15, -0.1) is 0 Å². The van der Waals surface area contributed by atoms with E-state index in [2.05, 4.69) is 0 Å². The molecule has 0 amide bonds. The van der Waals surface area contributed by atoms with Crippen molar-refractivity contribution in [2.24, 2.45) is 0 Å². The van der Waals surface area contributed by atoms with E-state index >= 15 is 0 Å². The number of nitrogens with zero attached hydrogens (tertiary/aromatic N) is 3. The first-order chi connectivity index (χ1) is 7.77. The van der Waals surface area contributed by atoms with E-state index in [0.29, 0.717) is 0 Å². The quantitative estimate of drug-likeness (QED) is 0.211. The van der Waals surface area contributed by atoms with Crippen molar-refractivity contribution in [1.29, 1.82) is 0 Å². The zero-order chi connectivity index (χ0) is 13.3. The number of rotatable bonds is 3. The van der Waals surface area contributed by atoms with Crippen LogP contribution in [-0.2, 0) is 0 Å². The molecule has 0 aliphatic rings. The number of nitro benzene ring substituents is 2. The average Bonchev–Trinajstić information content (AvgIpc) is 2.15. The van der Waals surface area contributed by atoms with Crippen LogP contribution in [0.5, 0.6) is 11.5 Å². The maximum absolute atomic E-state index is 11.2. The second kappa shape index (κ2) is 34.4. The fraction of sp³-hybridized carbons (Fsp3) is 0. The Morgan fingerprint density at radius 2 is 0.929 bits per heavy atom. The van der Waals surface area contributed by atoms with Crippen molar-refractivity contribution in [2.75, 3.05) is 5.23 Å². The molecule has 1 aromatic rings. The maximum atomic E-state index is 11.2. The first-order valence-electron chi connectivity index (χ1n) is 3.77. The second-order valence-corrected chi connectivity index (χ2v) is 2.71. The van der Waals surface area contributed by atoms with Gasteiger partial charge in [-0.3, -0.25) is 25.4 Å². The molecule has 1 aromatic carbocycles. The Morgan fingerprint density at radius 3 is 1.07 bits per heavy atom. The van der Waals surface area contributed by atoms with Gasteiger partial charge in [0.15, 0.2) is 0 Å². The summed E-state index contributed by atoms with van der Waals surface area (Å²) in [5, 5.41) is 60.7. The summed E-state index contributed by atoms with van der Waals surface area (Å²) in [6, 6.07) is 0.137. The summed E-state index contributed by atoms with van der Waals surface area (Å²) in [7, 11) is 0. The van der Waals surface area contributed by atoms with Crippen LogP contribution in [-0.4, -0.2) is 47.9 Å². The van der Waals surface area contributed by atoms with Gasteiger partial charge in [0.05, 0.1) is 15.9 Å².